The van der Waals surface area contributed by atoms with E-state index in [1.165, 1.54) is 12.8 Å². The van der Waals surface area contributed by atoms with Gasteiger partial charge in [0.25, 0.3) is 0 Å². The number of rotatable bonds is 6. The molecule has 4 aliphatic carbocycles. The van der Waals surface area contributed by atoms with E-state index >= 15 is 0 Å². The molecule has 24 heavy (non-hydrogen) atoms. The van der Waals surface area contributed by atoms with Crippen molar-refractivity contribution < 1.29 is 14.6 Å². The number of carbonyl (C=O) groups is 1. The van der Waals surface area contributed by atoms with Crippen molar-refractivity contribution in [2.75, 3.05) is 6.61 Å². The van der Waals surface area contributed by atoms with Crippen molar-refractivity contribution >= 4 is 5.97 Å². The first-order valence-electron chi connectivity index (χ1n) is 9.61. The summed E-state index contributed by atoms with van der Waals surface area (Å²) < 4.78 is 5.52. The molecule has 0 aromatic carbocycles. The van der Waals surface area contributed by atoms with Crippen LogP contribution in [0.25, 0.3) is 0 Å². The molecule has 0 aromatic heterocycles. The van der Waals surface area contributed by atoms with Gasteiger partial charge in [-0.1, -0.05) is 31.2 Å². The zero-order valence-corrected chi connectivity index (χ0v) is 14.9. The van der Waals surface area contributed by atoms with Crippen LogP contribution in [0.2, 0.25) is 0 Å². The van der Waals surface area contributed by atoms with Gasteiger partial charge >= 0.3 is 5.97 Å². The molecule has 3 nitrogen and oxygen atoms in total. The van der Waals surface area contributed by atoms with Crippen molar-refractivity contribution in [2.45, 2.75) is 58.5 Å². The van der Waals surface area contributed by atoms with Crippen LogP contribution in [-0.4, -0.2) is 23.8 Å². The lowest BCUT2D eigenvalue weighted by molar-refractivity contribution is -0.159. The molecule has 0 aromatic rings. The average molecular weight is 330 g/mol. The largest absolute Gasteiger partial charge is 0.463 e. The molecule has 0 aliphatic heterocycles. The van der Waals surface area contributed by atoms with Crippen molar-refractivity contribution in [3.8, 4) is 0 Å². The summed E-state index contributed by atoms with van der Waals surface area (Å²) in [5, 5.41) is 10.3. The fourth-order valence-corrected chi connectivity index (χ4v) is 5.73. The first-order valence-corrected chi connectivity index (χ1v) is 9.61. The topological polar surface area (TPSA) is 46.5 Å². The third-order valence-corrected chi connectivity index (χ3v) is 7.39. The number of hydrogen-bond donors (Lipinski definition) is 1. The number of carbonyl (C=O) groups excluding carboxylic acids is 1. The molecule has 4 bridgehead atoms. The van der Waals surface area contributed by atoms with E-state index < -0.39 is 6.10 Å². The maximum Gasteiger partial charge on any atom is 0.312 e. The van der Waals surface area contributed by atoms with E-state index in [1.807, 2.05) is 6.92 Å². The lowest BCUT2D eigenvalue weighted by Crippen LogP contribution is -2.35. The standard InChI is InChI=1S/C21H30O3/c1-20(11-14-3-5-16(20)9-14)8-7-18(22)13-24-19(23)21(2)12-15-4-6-17(21)10-15/h3-6,14-18,22H,7-13H2,1-2H3. The van der Waals surface area contributed by atoms with Gasteiger partial charge < -0.3 is 9.84 Å². The normalized spacial score (nSPS) is 46.0. The summed E-state index contributed by atoms with van der Waals surface area (Å²) in [4.78, 5) is 12.5. The van der Waals surface area contributed by atoms with Crippen molar-refractivity contribution in [2.24, 2.45) is 34.5 Å². The summed E-state index contributed by atoms with van der Waals surface area (Å²) >= 11 is 0. The van der Waals surface area contributed by atoms with Crippen molar-refractivity contribution in [3.63, 3.8) is 0 Å². The molecule has 7 unspecified atom stereocenters. The number of aliphatic hydroxyl groups is 1. The number of hydrogen-bond acceptors (Lipinski definition) is 3. The van der Waals surface area contributed by atoms with E-state index in [0.717, 1.165) is 31.6 Å². The fraction of sp³-hybridized carbons (Fsp3) is 0.762. The van der Waals surface area contributed by atoms with Gasteiger partial charge in [-0.25, -0.2) is 0 Å². The number of esters is 1. The third-order valence-electron chi connectivity index (χ3n) is 7.39. The summed E-state index contributed by atoms with van der Waals surface area (Å²) in [6.07, 6.45) is 14.9. The molecule has 0 heterocycles. The van der Waals surface area contributed by atoms with Crippen LogP contribution in [0.5, 0.6) is 0 Å². The van der Waals surface area contributed by atoms with E-state index in [4.69, 9.17) is 4.74 Å². The minimum atomic E-state index is -0.536. The van der Waals surface area contributed by atoms with Crippen LogP contribution < -0.4 is 0 Å². The SMILES string of the molecule is CC1(CCC(O)COC(=O)C2(C)CC3C=CC2C3)CC2C=CC1C2. The predicted octanol–water partition coefficient (Wildman–Crippen LogP) is 3.88. The summed E-state index contributed by atoms with van der Waals surface area (Å²) in [6, 6.07) is 0. The lowest BCUT2D eigenvalue weighted by Gasteiger charge is -2.32. The lowest BCUT2D eigenvalue weighted by atomic mass is 9.74. The predicted molar refractivity (Wildman–Crippen MR) is 93.1 cm³/mol. The van der Waals surface area contributed by atoms with Gasteiger partial charge in [-0.3, -0.25) is 4.79 Å². The number of fused-ring (bicyclic) bond motifs is 4. The smallest absolute Gasteiger partial charge is 0.312 e. The Labute approximate surface area is 145 Å². The Kier molecular flexibility index (Phi) is 3.91. The first-order chi connectivity index (χ1) is 11.4. The van der Waals surface area contributed by atoms with E-state index in [2.05, 4.69) is 31.2 Å². The van der Waals surface area contributed by atoms with Gasteiger partial charge in [-0.2, -0.15) is 0 Å². The second kappa shape index (κ2) is 5.72. The second-order valence-corrected chi connectivity index (χ2v) is 9.25. The molecule has 1 N–H and O–H groups in total. The molecule has 0 spiro atoms. The highest BCUT2D eigenvalue weighted by atomic mass is 16.5. The minimum Gasteiger partial charge on any atom is -0.463 e. The molecule has 3 heteroatoms. The Morgan fingerprint density at radius 3 is 2.33 bits per heavy atom. The molecule has 4 rings (SSSR count). The van der Waals surface area contributed by atoms with Gasteiger partial charge in [-0.15, -0.1) is 0 Å². The quantitative estimate of drug-likeness (QED) is 0.594. The van der Waals surface area contributed by atoms with Gasteiger partial charge in [0.1, 0.15) is 6.61 Å². The van der Waals surface area contributed by atoms with Crippen LogP contribution in [0, 0.1) is 34.5 Å². The summed E-state index contributed by atoms with van der Waals surface area (Å²) in [5.41, 5.74) is -0.0493. The molecule has 132 valence electrons. The van der Waals surface area contributed by atoms with Crippen molar-refractivity contribution in [1.82, 2.24) is 0 Å². The first kappa shape index (κ1) is 16.4. The molecule has 2 fully saturated rings. The van der Waals surface area contributed by atoms with Crippen LogP contribution in [0.4, 0.5) is 0 Å². The van der Waals surface area contributed by atoms with Gasteiger partial charge in [0.15, 0.2) is 0 Å². The van der Waals surface area contributed by atoms with Crippen LogP contribution in [0.1, 0.15) is 52.4 Å². The monoisotopic (exact) mass is 330 g/mol. The summed E-state index contributed by atoms with van der Waals surface area (Å²) in [5.74, 6) is 2.18. The molecule has 4 aliphatic rings. The van der Waals surface area contributed by atoms with E-state index in [0.29, 0.717) is 23.2 Å². The van der Waals surface area contributed by atoms with Gasteiger partial charge in [0.2, 0.25) is 0 Å². The molecule has 7 atom stereocenters. The highest BCUT2D eigenvalue weighted by molar-refractivity contribution is 5.78. The van der Waals surface area contributed by atoms with Crippen LogP contribution in [0.15, 0.2) is 24.3 Å². The van der Waals surface area contributed by atoms with Gasteiger partial charge in [0.05, 0.1) is 11.5 Å². The van der Waals surface area contributed by atoms with E-state index in [-0.39, 0.29) is 18.0 Å². The van der Waals surface area contributed by atoms with Crippen LogP contribution in [-0.2, 0) is 9.53 Å². The Bertz CT molecular complexity index is 580. The zero-order valence-electron chi connectivity index (χ0n) is 14.9. The summed E-state index contributed by atoms with van der Waals surface area (Å²) in [7, 11) is 0. The second-order valence-electron chi connectivity index (χ2n) is 9.25. The van der Waals surface area contributed by atoms with E-state index in [9.17, 15) is 9.90 Å². The maximum absolute atomic E-state index is 12.5. The Balaban J connectivity index is 1.24. The molecule has 0 saturated heterocycles. The van der Waals surface area contributed by atoms with Gasteiger partial charge in [-0.05, 0) is 74.5 Å². The fourth-order valence-electron chi connectivity index (χ4n) is 5.73. The number of aliphatic hydroxyl groups excluding tert-OH is 1. The van der Waals surface area contributed by atoms with E-state index in [1.54, 1.807) is 0 Å². The molecule has 2 saturated carbocycles. The number of allylic oxidation sites excluding steroid dienone is 4. The summed E-state index contributed by atoms with van der Waals surface area (Å²) in [6.45, 7) is 4.52. The molecular formula is C21H30O3. The Hall–Kier alpha value is -1.09. The average Bonchev–Trinajstić information content (AvgIpc) is 3.30. The zero-order chi connectivity index (χ0) is 16.9. The molecule has 0 radical (unpaired) electrons. The van der Waals surface area contributed by atoms with Crippen LogP contribution in [0.3, 0.4) is 0 Å². The number of ether oxygens (including phenoxy) is 1. The Morgan fingerprint density at radius 1 is 1.12 bits per heavy atom. The van der Waals surface area contributed by atoms with Crippen molar-refractivity contribution in [1.29, 1.82) is 0 Å². The molecular weight excluding hydrogens is 300 g/mol. The minimum absolute atomic E-state index is 0.118. The van der Waals surface area contributed by atoms with Crippen molar-refractivity contribution in [3.05, 3.63) is 24.3 Å². The van der Waals surface area contributed by atoms with Crippen LogP contribution >= 0.6 is 0 Å². The highest BCUT2D eigenvalue weighted by Crippen LogP contribution is 2.54. The molecule has 0 amide bonds. The Morgan fingerprint density at radius 2 is 1.79 bits per heavy atom. The maximum atomic E-state index is 12.5. The third kappa shape index (κ3) is 2.65. The van der Waals surface area contributed by atoms with Gasteiger partial charge in [0, 0.05) is 0 Å². The highest BCUT2D eigenvalue weighted by Gasteiger charge is 2.51.